The molecule has 22 heavy (non-hydrogen) atoms. The third kappa shape index (κ3) is 4.08. The number of allylic oxidation sites excluding steroid dienone is 1. The largest absolute Gasteiger partial charge is 0.444 e. The van der Waals surface area contributed by atoms with Gasteiger partial charge in [-0.2, -0.15) is 0 Å². The second-order valence-electron chi connectivity index (χ2n) is 5.66. The summed E-state index contributed by atoms with van der Waals surface area (Å²) < 4.78 is 6.59. The van der Waals surface area contributed by atoms with Gasteiger partial charge in [-0.05, 0) is 66.7 Å². The first-order valence-corrected chi connectivity index (χ1v) is 8.70. The zero-order valence-electron chi connectivity index (χ0n) is 12.6. The molecular weight excluding hydrogens is 340 g/mol. The summed E-state index contributed by atoms with van der Waals surface area (Å²) in [5.41, 5.74) is 3.54. The smallest absolute Gasteiger partial charge is 0.227 e. The Balaban J connectivity index is 1.50. The molecule has 116 valence electrons. The quantitative estimate of drug-likeness (QED) is 0.576. The average Bonchev–Trinajstić information content (AvgIpc) is 3.02. The van der Waals surface area contributed by atoms with Gasteiger partial charge in [0.1, 0.15) is 6.26 Å². The average molecular weight is 361 g/mol. The van der Waals surface area contributed by atoms with Gasteiger partial charge in [-0.25, -0.2) is 4.98 Å². The minimum atomic E-state index is 0.666. The van der Waals surface area contributed by atoms with E-state index in [0.29, 0.717) is 5.89 Å². The Morgan fingerprint density at radius 1 is 1.23 bits per heavy atom. The molecule has 1 aromatic heterocycles. The first-order valence-electron chi connectivity index (χ1n) is 7.91. The summed E-state index contributed by atoms with van der Waals surface area (Å²) in [7, 11) is 0. The molecule has 0 aliphatic heterocycles. The number of aromatic nitrogens is 1. The van der Waals surface area contributed by atoms with Crippen molar-refractivity contribution in [3.63, 3.8) is 0 Å². The Morgan fingerprint density at radius 3 is 2.95 bits per heavy atom. The number of halogens is 1. The van der Waals surface area contributed by atoms with Crippen LogP contribution in [0.3, 0.4) is 0 Å². The van der Waals surface area contributed by atoms with E-state index in [1.807, 2.05) is 24.3 Å². The lowest BCUT2D eigenvalue weighted by atomic mass is 9.97. The summed E-state index contributed by atoms with van der Waals surface area (Å²) in [4.78, 5) is 4.55. The summed E-state index contributed by atoms with van der Waals surface area (Å²) in [5, 5.41) is 3.45. The van der Waals surface area contributed by atoms with Crippen LogP contribution in [-0.2, 0) is 6.54 Å². The predicted molar refractivity (Wildman–Crippen MR) is 92.5 cm³/mol. The van der Waals surface area contributed by atoms with Crippen molar-refractivity contribution < 1.29 is 4.42 Å². The van der Waals surface area contributed by atoms with Crippen molar-refractivity contribution in [3.8, 4) is 11.5 Å². The first-order chi connectivity index (χ1) is 10.8. The Kier molecular flexibility index (Phi) is 5.46. The highest BCUT2D eigenvalue weighted by molar-refractivity contribution is 9.10. The van der Waals surface area contributed by atoms with Gasteiger partial charge < -0.3 is 9.73 Å². The lowest BCUT2D eigenvalue weighted by Gasteiger charge is -2.12. The van der Waals surface area contributed by atoms with Crippen LogP contribution in [0, 0.1) is 0 Å². The van der Waals surface area contributed by atoms with Crippen molar-refractivity contribution in [2.24, 2.45) is 0 Å². The molecule has 2 aromatic rings. The van der Waals surface area contributed by atoms with Gasteiger partial charge in [0, 0.05) is 11.0 Å². The molecule has 4 heteroatoms. The van der Waals surface area contributed by atoms with Crippen molar-refractivity contribution in [2.75, 3.05) is 6.54 Å². The van der Waals surface area contributed by atoms with Crippen LogP contribution in [0.4, 0.5) is 0 Å². The molecule has 0 unspecified atom stereocenters. The molecule has 1 heterocycles. The predicted octanol–water partition coefficient (Wildman–Crippen LogP) is 5.08. The third-order valence-electron chi connectivity index (χ3n) is 3.97. The van der Waals surface area contributed by atoms with Crippen LogP contribution >= 0.6 is 15.9 Å². The number of oxazole rings is 1. The molecular formula is C18H21BrN2O. The van der Waals surface area contributed by atoms with Gasteiger partial charge in [0.05, 0.1) is 11.3 Å². The molecule has 3 rings (SSSR count). The summed E-state index contributed by atoms with van der Waals surface area (Å²) in [6.45, 7) is 1.75. The molecule has 0 saturated heterocycles. The van der Waals surface area contributed by atoms with Crippen LogP contribution in [0.1, 0.15) is 37.8 Å². The lowest BCUT2D eigenvalue weighted by molar-refractivity contribution is 0.569. The zero-order chi connectivity index (χ0) is 15.2. The van der Waals surface area contributed by atoms with Crippen molar-refractivity contribution in [2.45, 2.75) is 38.6 Å². The minimum Gasteiger partial charge on any atom is -0.444 e. The summed E-state index contributed by atoms with van der Waals surface area (Å²) >= 11 is 3.53. The van der Waals surface area contributed by atoms with Crippen LogP contribution in [0.2, 0.25) is 0 Å². The number of rotatable bonds is 6. The fraction of sp³-hybridized carbons (Fsp3) is 0.389. The SMILES string of the molecule is Brc1ccccc1-c1nc(CNCCC2=CCCCC2)co1. The topological polar surface area (TPSA) is 38.1 Å². The summed E-state index contributed by atoms with van der Waals surface area (Å²) in [5.74, 6) is 0.666. The van der Waals surface area contributed by atoms with Crippen LogP contribution < -0.4 is 5.32 Å². The van der Waals surface area contributed by atoms with E-state index in [1.165, 1.54) is 25.7 Å². The molecule has 0 amide bonds. The van der Waals surface area contributed by atoms with E-state index in [0.717, 1.165) is 35.2 Å². The van der Waals surface area contributed by atoms with E-state index in [1.54, 1.807) is 11.8 Å². The van der Waals surface area contributed by atoms with Crippen LogP contribution in [0.15, 0.2) is 51.1 Å². The van der Waals surface area contributed by atoms with Gasteiger partial charge in [-0.15, -0.1) is 0 Å². The normalized spacial score (nSPS) is 14.9. The van der Waals surface area contributed by atoms with E-state index >= 15 is 0 Å². The number of benzene rings is 1. The van der Waals surface area contributed by atoms with E-state index in [-0.39, 0.29) is 0 Å². The van der Waals surface area contributed by atoms with Crippen LogP contribution in [-0.4, -0.2) is 11.5 Å². The van der Waals surface area contributed by atoms with Crippen LogP contribution in [0.25, 0.3) is 11.5 Å². The zero-order valence-corrected chi connectivity index (χ0v) is 14.2. The van der Waals surface area contributed by atoms with Gasteiger partial charge in [0.15, 0.2) is 0 Å². The Hall–Kier alpha value is -1.39. The van der Waals surface area contributed by atoms with E-state index in [2.05, 4.69) is 32.3 Å². The molecule has 0 bridgehead atoms. The van der Waals surface area contributed by atoms with Crippen LogP contribution in [0.5, 0.6) is 0 Å². The fourth-order valence-corrected chi connectivity index (χ4v) is 3.20. The van der Waals surface area contributed by atoms with E-state index < -0.39 is 0 Å². The third-order valence-corrected chi connectivity index (χ3v) is 4.66. The molecule has 0 fully saturated rings. The monoisotopic (exact) mass is 360 g/mol. The highest BCUT2D eigenvalue weighted by Crippen LogP contribution is 2.27. The highest BCUT2D eigenvalue weighted by Gasteiger charge is 2.09. The summed E-state index contributed by atoms with van der Waals surface area (Å²) in [6.07, 6.45) is 10.5. The van der Waals surface area contributed by atoms with Gasteiger partial charge in [-0.3, -0.25) is 0 Å². The molecule has 1 N–H and O–H groups in total. The van der Waals surface area contributed by atoms with Gasteiger partial charge in [-0.1, -0.05) is 23.8 Å². The second kappa shape index (κ2) is 7.75. The Morgan fingerprint density at radius 2 is 2.14 bits per heavy atom. The minimum absolute atomic E-state index is 0.666. The van der Waals surface area contributed by atoms with Crippen molar-refractivity contribution in [1.82, 2.24) is 10.3 Å². The number of nitrogens with zero attached hydrogens (tertiary/aromatic N) is 1. The van der Waals surface area contributed by atoms with E-state index in [9.17, 15) is 0 Å². The maximum Gasteiger partial charge on any atom is 0.227 e. The molecule has 0 spiro atoms. The molecule has 0 saturated carbocycles. The van der Waals surface area contributed by atoms with Crippen molar-refractivity contribution in [3.05, 3.63) is 52.3 Å². The maximum atomic E-state index is 5.59. The number of hydrogen-bond donors (Lipinski definition) is 1. The fourth-order valence-electron chi connectivity index (χ4n) is 2.74. The molecule has 3 nitrogen and oxygen atoms in total. The maximum absolute atomic E-state index is 5.59. The number of hydrogen-bond acceptors (Lipinski definition) is 3. The first kappa shape index (κ1) is 15.5. The summed E-state index contributed by atoms with van der Waals surface area (Å²) in [6, 6.07) is 7.97. The van der Waals surface area contributed by atoms with Crippen molar-refractivity contribution in [1.29, 1.82) is 0 Å². The van der Waals surface area contributed by atoms with Crippen molar-refractivity contribution >= 4 is 15.9 Å². The Labute approximate surface area is 140 Å². The lowest BCUT2D eigenvalue weighted by Crippen LogP contribution is -2.15. The molecule has 1 aromatic carbocycles. The standard InChI is InChI=1S/C18H21BrN2O/c19-17-9-5-4-8-16(17)18-21-15(13-22-18)12-20-11-10-14-6-2-1-3-7-14/h4-6,8-9,13,20H,1-3,7,10-12H2. The molecule has 1 aliphatic carbocycles. The highest BCUT2D eigenvalue weighted by atomic mass is 79.9. The molecule has 0 atom stereocenters. The number of nitrogens with one attached hydrogen (secondary N) is 1. The molecule has 0 radical (unpaired) electrons. The second-order valence-corrected chi connectivity index (χ2v) is 6.51. The Bertz CT molecular complexity index is 648. The molecule has 1 aliphatic rings. The van der Waals surface area contributed by atoms with Gasteiger partial charge in [0.25, 0.3) is 0 Å². The van der Waals surface area contributed by atoms with Gasteiger partial charge >= 0.3 is 0 Å². The van der Waals surface area contributed by atoms with E-state index in [4.69, 9.17) is 4.42 Å². The van der Waals surface area contributed by atoms with Gasteiger partial charge in [0.2, 0.25) is 5.89 Å².